The largest absolute Gasteiger partial charge is 0.462 e. The number of ether oxygens (including phenoxy) is 1. The molecule has 0 saturated carbocycles. The van der Waals surface area contributed by atoms with Crippen molar-refractivity contribution in [3.63, 3.8) is 0 Å². The predicted molar refractivity (Wildman–Crippen MR) is 74.1 cm³/mol. The maximum atomic E-state index is 11.7. The molecule has 0 aromatic carbocycles. The van der Waals surface area contributed by atoms with Crippen molar-refractivity contribution >= 4 is 39.7 Å². The van der Waals surface area contributed by atoms with E-state index >= 15 is 0 Å². The Labute approximate surface area is 113 Å². The van der Waals surface area contributed by atoms with Gasteiger partial charge in [-0.05, 0) is 40.8 Å². The molecule has 0 spiro atoms. The summed E-state index contributed by atoms with van der Waals surface area (Å²) in [6.07, 6.45) is 0. The summed E-state index contributed by atoms with van der Waals surface area (Å²) in [6, 6.07) is 2.02. The summed E-state index contributed by atoms with van der Waals surface area (Å²) in [6.45, 7) is 2.71. The van der Waals surface area contributed by atoms with Crippen molar-refractivity contribution in [2.75, 3.05) is 17.7 Å². The number of hydrogen-bond acceptors (Lipinski definition) is 7. The fraction of sp³-hybridized carbons (Fsp3) is 0.273. The average molecular weight is 283 g/mol. The Morgan fingerprint density at radius 2 is 2.44 bits per heavy atom. The zero-order chi connectivity index (χ0) is 13.0. The first kappa shape index (κ1) is 12.8. The van der Waals surface area contributed by atoms with Crippen molar-refractivity contribution in [1.82, 2.24) is 4.37 Å². The summed E-state index contributed by atoms with van der Waals surface area (Å²) in [7, 11) is 0. The molecule has 0 unspecified atom stereocenters. The monoisotopic (exact) mass is 283 g/mol. The molecule has 2 aromatic heterocycles. The highest BCUT2D eigenvalue weighted by atomic mass is 32.1. The minimum absolute atomic E-state index is 0.214. The number of hydrogen-bond donors (Lipinski definition) is 2. The number of nitrogens with one attached hydrogen (secondary N) is 1. The molecular weight excluding hydrogens is 270 g/mol. The summed E-state index contributed by atoms with van der Waals surface area (Å²) < 4.78 is 8.93. The molecule has 0 fully saturated rings. The van der Waals surface area contributed by atoms with E-state index in [1.54, 1.807) is 18.3 Å². The summed E-state index contributed by atoms with van der Waals surface area (Å²) >= 11 is 2.80. The Bertz CT molecular complexity index is 522. The van der Waals surface area contributed by atoms with Gasteiger partial charge < -0.3 is 15.8 Å². The number of anilines is 2. The van der Waals surface area contributed by atoms with Gasteiger partial charge in [0, 0.05) is 6.54 Å². The number of esters is 1. The SMILES string of the molecule is CCOC(=O)c1c(N)nsc1NCc1ccsc1. The molecule has 18 heavy (non-hydrogen) atoms. The zero-order valence-electron chi connectivity index (χ0n) is 9.80. The lowest BCUT2D eigenvalue weighted by Gasteiger charge is -2.05. The minimum atomic E-state index is -0.434. The molecule has 2 aromatic rings. The number of nitrogen functional groups attached to an aromatic ring is 1. The Morgan fingerprint density at radius 1 is 1.61 bits per heavy atom. The first-order valence-corrected chi connectivity index (χ1v) is 7.11. The standard InChI is InChI=1S/C11H13N3O2S2/c1-2-16-11(15)8-9(12)14-18-10(8)13-5-7-3-4-17-6-7/h3-4,6,13H,2,5H2,1H3,(H2,12,14). The summed E-state index contributed by atoms with van der Waals surface area (Å²) in [5.41, 5.74) is 7.17. The molecule has 2 heterocycles. The van der Waals surface area contributed by atoms with E-state index in [1.165, 1.54) is 11.5 Å². The molecule has 5 nitrogen and oxygen atoms in total. The molecule has 2 rings (SSSR count). The number of carbonyl (C=O) groups excluding carboxylic acids is 1. The van der Waals surface area contributed by atoms with Crippen LogP contribution in [0.15, 0.2) is 16.8 Å². The number of thiophene rings is 1. The molecule has 0 aliphatic carbocycles. The van der Waals surface area contributed by atoms with Gasteiger partial charge in [0.2, 0.25) is 0 Å². The van der Waals surface area contributed by atoms with Crippen LogP contribution in [-0.2, 0) is 11.3 Å². The fourth-order valence-corrected chi connectivity index (χ4v) is 2.76. The third-order valence-corrected chi connectivity index (χ3v) is 3.78. The van der Waals surface area contributed by atoms with Crippen LogP contribution in [0.1, 0.15) is 22.8 Å². The lowest BCUT2D eigenvalue weighted by molar-refractivity contribution is 0.0529. The van der Waals surface area contributed by atoms with Gasteiger partial charge in [0.05, 0.1) is 6.61 Å². The first-order chi connectivity index (χ1) is 8.72. The van der Waals surface area contributed by atoms with Crippen LogP contribution < -0.4 is 11.1 Å². The second-order valence-electron chi connectivity index (χ2n) is 3.48. The smallest absolute Gasteiger partial charge is 0.344 e. The highest BCUT2D eigenvalue weighted by Gasteiger charge is 2.20. The normalized spacial score (nSPS) is 10.3. The van der Waals surface area contributed by atoms with Gasteiger partial charge in [-0.25, -0.2) is 4.79 Å². The van der Waals surface area contributed by atoms with Gasteiger partial charge in [0.15, 0.2) is 5.82 Å². The van der Waals surface area contributed by atoms with Gasteiger partial charge in [-0.15, -0.1) is 0 Å². The van der Waals surface area contributed by atoms with E-state index in [0.29, 0.717) is 23.7 Å². The Kier molecular flexibility index (Phi) is 4.16. The third kappa shape index (κ3) is 2.80. The zero-order valence-corrected chi connectivity index (χ0v) is 11.4. The van der Waals surface area contributed by atoms with Crippen molar-refractivity contribution in [2.45, 2.75) is 13.5 Å². The summed E-state index contributed by atoms with van der Waals surface area (Å²) in [4.78, 5) is 11.7. The molecule has 0 atom stereocenters. The van der Waals surface area contributed by atoms with Crippen LogP contribution in [0.25, 0.3) is 0 Å². The maximum Gasteiger partial charge on any atom is 0.344 e. The number of nitrogens with zero attached hydrogens (tertiary/aromatic N) is 1. The highest BCUT2D eigenvalue weighted by Crippen LogP contribution is 2.28. The molecule has 0 bridgehead atoms. The summed E-state index contributed by atoms with van der Waals surface area (Å²) in [5, 5.41) is 7.86. The first-order valence-electron chi connectivity index (χ1n) is 5.39. The molecule has 0 saturated heterocycles. The van der Waals surface area contributed by atoms with E-state index in [9.17, 15) is 4.79 Å². The number of rotatable bonds is 5. The Balaban J connectivity index is 2.10. The number of carbonyl (C=O) groups is 1. The molecule has 3 N–H and O–H groups in total. The van der Waals surface area contributed by atoms with Gasteiger partial charge in [-0.2, -0.15) is 15.7 Å². The van der Waals surface area contributed by atoms with Crippen molar-refractivity contribution in [3.05, 3.63) is 28.0 Å². The van der Waals surface area contributed by atoms with Gasteiger partial charge in [-0.3, -0.25) is 0 Å². The molecular formula is C11H13N3O2S2. The van der Waals surface area contributed by atoms with E-state index < -0.39 is 5.97 Å². The van der Waals surface area contributed by atoms with Crippen molar-refractivity contribution in [1.29, 1.82) is 0 Å². The van der Waals surface area contributed by atoms with Gasteiger partial charge in [-0.1, -0.05) is 0 Å². The number of aromatic nitrogens is 1. The maximum absolute atomic E-state index is 11.7. The lowest BCUT2D eigenvalue weighted by Crippen LogP contribution is -2.09. The van der Waals surface area contributed by atoms with Crippen LogP contribution in [-0.4, -0.2) is 16.9 Å². The van der Waals surface area contributed by atoms with Gasteiger partial charge in [0.1, 0.15) is 10.6 Å². The van der Waals surface area contributed by atoms with Crippen LogP contribution in [0.3, 0.4) is 0 Å². The van der Waals surface area contributed by atoms with E-state index in [-0.39, 0.29) is 5.82 Å². The van der Waals surface area contributed by atoms with Crippen LogP contribution >= 0.6 is 22.9 Å². The molecule has 0 aliphatic rings. The molecule has 0 aliphatic heterocycles. The molecule has 96 valence electrons. The molecule has 0 radical (unpaired) electrons. The van der Waals surface area contributed by atoms with E-state index in [0.717, 1.165) is 5.56 Å². The van der Waals surface area contributed by atoms with E-state index in [4.69, 9.17) is 10.5 Å². The second kappa shape index (κ2) is 5.83. The Hall–Kier alpha value is -1.60. The van der Waals surface area contributed by atoms with Crippen LogP contribution in [0, 0.1) is 0 Å². The van der Waals surface area contributed by atoms with Crippen LogP contribution in [0.4, 0.5) is 10.8 Å². The quantitative estimate of drug-likeness (QED) is 0.825. The minimum Gasteiger partial charge on any atom is -0.462 e. The number of nitrogens with two attached hydrogens (primary N) is 1. The molecule has 0 amide bonds. The second-order valence-corrected chi connectivity index (χ2v) is 5.03. The molecule has 7 heteroatoms. The fourth-order valence-electron chi connectivity index (χ4n) is 1.40. The topological polar surface area (TPSA) is 77.2 Å². The van der Waals surface area contributed by atoms with Crippen molar-refractivity contribution in [2.24, 2.45) is 0 Å². The third-order valence-electron chi connectivity index (χ3n) is 2.23. The van der Waals surface area contributed by atoms with E-state index in [2.05, 4.69) is 9.69 Å². The summed E-state index contributed by atoms with van der Waals surface area (Å²) in [5.74, 6) is -0.220. The predicted octanol–water partition coefficient (Wildman–Crippen LogP) is 2.58. The van der Waals surface area contributed by atoms with E-state index in [1.807, 2.05) is 16.8 Å². The lowest BCUT2D eigenvalue weighted by atomic mass is 10.3. The Morgan fingerprint density at radius 3 is 3.11 bits per heavy atom. The van der Waals surface area contributed by atoms with Crippen LogP contribution in [0.5, 0.6) is 0 Å². The van der Waals surface area contributed by atoms with Crippen LogP contribution in [0.2, 0.25) is 0 Å². The van der Waals surface area contributed by atoms with Crippen molar-refractivity contribution < 1.29 is 9.53 Å². The van der Waals surface area contributed by atoms with Gasteiger partial charge in [0.25, 0.3) is 0 Å². The van der Waals surface area contributed by atoms with Gasteiger partial charge >= 0.3 is 5.97 Å². The van der Waals surface area contributed by atoms with Crippen molar-refractivity contribution in [3.8, 4) is 0 Å². The highest BCUT2D eigenvalue weighted by molar-refractivity contribution is 7.11. The average Bonchev–Trinajstić information content (AvgIpc) is 2.96.